The highest BCUT2D eigenvalue weighted by Gasteiger charge is 2.31. The van der Waals surface area contributed by atoms with Crippen molar-refractivity contribution in [2.24, 2.45) is 0 Å². The van der Waals surface area contributed by atoms with Gasteiger partial charge in [-0.05, 0) is 24.6 Å². The zero-order valence-electron chi connectivity index (χ0n) is 12.5. The minimum atomic E-state index is -2.95. The van der Waals surface area contributed by atoms with Crippen LogP contribution in [-0.4, -0.2) is 48.2 Å². The molecule has 9 heteroatoms. The zero-order chi connectivity index (χ0) is 16.4. The number of nitrogens with one attached hydrogen (secondary N) is 1. The molecule has 3 rings (SSSR count). The SMILES string of the molecule is CN(c1cnnc(Nc2cccc(Cl)c2)n1)C1CCS(=O)(=O)C1. The first-order valence-corrected chi connectivity index (χ1v) is 9.28. The number of hydrogen-bond donors (Lipinski definition) is 1. The molecule has 1 aromatic carbocycles. The van der Waals surface area contributed by atoms with Crippen LogP contribution in [0.3, 0.4) is 0 Å². The van der Waals surface area contributed by atoms with Crippen LogP contribution in [-0.2, 0) is 9.84 Å². The lowest BCUT2D eigenvalue weighted by atomic mass is 10.2. The smallest absolute Gasteiger partial charge is 0.249 e. The first-order valence-electron chi connectivity index (χ1n) is 7.08. The highest BCUT2D eigenvalue weighted by Crippen LogP contribution is 2.22. The highest BCUT2D eigenvalue weighted by atomic mass is 35.5. The van der Waals surface area contributed by atoms with E-state index in [2.05, 4.69) is 20.5 Å². The summed E-state index contributed by atoms with van der Waals surface area (Å²) in [4.78, 5) is 6.23. The Balaban J connectivity index is 1.77. The topological polar surface area (TPSA) is 88.1 Å². The first-order chi connectivity index (χ1) is 10.9. The van der Waals surface area contributed by atoms with Gasteiger partial charge in [-0.1, -0.05) is 17.7 Å². The summed E-state index contributed by atoms with van der Waals surface area (Å²) in [7, 11) is -1.13. The Kier molecular flexibility index (Phi) is 4.36. The van der Waals surface area contributed by atoms with Crippen molar-refractivity contribution in [1.29, 1.82) is 0 Å². The van der Waals surface area contributed by atoms with Gasteiger partial charge in [0, 0.05) is 23.8 Å². The van der Waals surface area contributed by atoms with Crippen LogP contribution in [0.25, 0.3) is 0 Å². The number of rotatable bonds is 4. The summed E-state index contributed by atoms with van der Waals surface area (Å²) in [6.07, 6.45) is 2.12. The van der Waals surface area contributed by atoms with E-state index in [0.717, 1.165) is 5.69 Å². The molecular formula is C14H16ClN5O2S. The third-order valence-corrected chi connectivity index (χ3v) is 5.73. The zero-order valence-corrected chi connectivity index (χ0v) is 14.0. The molecule has 1 fully saturated rings. The molecule has 1 aliphatic rings. The van der Waals surface area contributed by atoms with Gasteiger partial charge in [0.25, 0.3) is 0 Å². The molecule has 1 N–H and O–H groups in total. The summed E-state index contributed by atoms with van der Waals surface area (Å²) in [5, 5.41) is 11.5. The minimum absolute atomic E-state index is 0.0873. The molecule has 1 unspecified atom stereocenters. The summed E-state index contributed by atoms with van der Waals surface area (Å²) in [5.41, 5.74) is 0.752. The van der Waals surface area contributed by atoms with Crippen LogP contribution in [0.4, 0.5) is 17.5 Å². The third-order valence-electron chi connectivity index (χ3n) is 3.74. The average molecular weight is 354 g/mol. The normalized spacial score (nSPS) is 19.5. The fourth-order valence-electron chi connectivity index (χ4n) is 2.48. The predicted octanol–water partition coefficient (Wildman–Crippen LogP) is 1.89. The molecule has 122 valence electrons. The van der Waals surface area contributed by atoms with Crippen molar-refractivity contribution in [2.45, 2.75) is 12.5 Å². The van der Waals surface area contributed by atoms with Crippen molar-refractivity contribution >= 4 is 38.9 Å². The molecule has 2 aromatic rings. The Morgan fingerprint density at radius 2 is 2.22 bits per heavy atom. The fraction of sp³-hybridized carbons (Fsp3) is 0.357. The van der Waals surface area contributed by atoms with Gasteiger partial charge in [-0.15, -0.1) is 5.10 Å². The maximum Gasteiger partial charge on any atom is 0.249 e. The summed E-state index contributed by atoms with van der Waals surface area (Å²) < 4.78 is 23.2. The highest BCUT2D eigenvalue weighted by molar-refractivity contribution is 7.91. The largest absolute Gasteiger partial charge is 0.354 e. The van der Waals surface area contributed by atoms with Gasteiger partial charge in [-0.2, -0.15) is 10.1 Å². The van der Waals surface area contributed by atoms with Crippen LogP contribution >= 0.6 is 11.6 Å². The maximum absolute atomic E-state index is 11.6. The van der Waals surface area contributed by atoms with E-state index in [9.17, 15) is 8.42 Å². The van der Waals surface area contributed by atoms with Gasteiger partial charge in [-0.3, -0.25) is 0 Å². The number of nitrogens with zero attached hydrogens (tertiary/aromatic N) is 4. The van der Waals surface area contributed by atoms with Crippen LogP contribution in [0.1, 0.15) is 6.42 Å². The van der Waals surface area contributed by atoms with Crippen LogP contribution in [0.5, 0.6) is 0 Å². The Hall–Kier alpha value is -1.93. The Morgan fingerprint density at radius 1 is 1.39 bits per heavy atom. The Bertz CT molecular complexity index is 814. The lowest BCUT2D eigenvalue weighted by Crippen LogP contribution is -2.33. The fourth-order valence-corrected chi connectivity index (χ4v) is 4.45. The molecule has 0 spiro atoms. The van der Waals surface area contributed by atoms with Gasteiger partial charge in [-0.25, -0.2) is 8.42 Å². The molecule has 0 amide bonds. The van der Waals surface area contributed by atoms with Gasteiger partial charge < -0.3 is 10.2 Å². The Labute approximate surface area is 139 Å². The quantitative estimate of drug-likeness (QED) is 0.897. The number of aromatic nitrogens is 3. The molecular weight excluding hydrogens is 338 g/mol. The van der Waals surface area contributed by atoms with E-state index in [4.69, 9.17) is 11.6 Å². The number of sulfone groups is 1. The molecule has 0 bridgehead atoms. The number of benzene rings is 1. The van der Waals surface area contributed by atoms with Gasteiger partial charge in [0.15, 0.2) is 15.7 Å². The monoisotopic (exact) mass is 353 g/mol. The van der Waals surface area contributed by atoms with E-state index in [1.165, 1.54) is 6.20 Å². The van der Waals surface area contributed by atoms with Crippen LogP contribution < -0.4 is 10.2 Å². The Morgan fingerprint density at radius 3 is 2.91 bits per heavy atom. The molecule has 2 heterocycles. The van der Waals surface area contributed by atoms with E-state index in [0.29, 0.717) is 23.2 Å². The van der Waals surface area contributed by atoms with Crippen LogP contribution in [0, 0.1) is 0 Å². The minimum Gasteiger partial charge on any atom is -0.354 e. The van der Waals surface area contributed by atoms with E-state index in [1.807, 2.05) is 24.1 Å². The summed E-state index contributed by atoms with van der Waals surface area (Å²) >= 11 is 5.94. The van der Waals surface area contributed by atoms with E-state index in [1.54, 1.807) is 12.1 Å². The summed E-state index contributed by atoms with van der Waals surface area (Å²) in [6.45, 7) is 0. The molecule has 0 aliphatic carbocycles. The van der Waals surface area contributed by atoms with Gasteiger partial charge in [0.1, 0.15) is 0 Å². The molecule has 0 saturated carbocycles. The van der Waals surface area contributed by atoms with Crippen molar-refractivity contribution in [2.75, 3.05) is 28.8 Å². The van der Waals surface area contributed by atoms with E-state index >= 15 is 0 Å². The van der Waals surface area contributed by atoms with Crippen molar-refractivity contribution in [1.82, 2.24) is 15.2 Å². The van der Waals surface area contributed by atoms with Crippen molar-refractivity contribution in [3.8, 4) is 0 Å². The van der Waals surface area contributed by atoms with E-state index < -0.39 is 9.84 Å². The molecule has 7 nitrogen and oxygen atoms in total. The van der Waals surface area contributed by atoms with Gasteiger partial charge in [0.05, 0.1) is 17.7 Å². The van der Waals surface area contributed by atoms with Crippen molar-refractivity contribution < 1.29 is 8.42 Å². The van der Waals surface area contributed by atoms with Gasteiger partial charge >= 0.3 is 0 Å². The van der Waals surface area contributed by atoms with Crippen LogP contribution in [0.2, 0.25) is 5.02 Å². The standard InChI is InChI=1S/C14H16ClN5O2S/c1-20(12-5-6-23(21,22)9-12)13-8-16-19-14(18-13)17-11-4-2-3-10(15)7-11/h2-4,7-8,12H,5-6,9H2,1H3,(H,17,18,19). The molecule has 1 aliphatic heterocycles. The maximum atomic E-state index is 11.6. The van der Waals surface area contributed by atoms with Crippen molar-refractivity contribution in [3.05, 3.63) is 35.5 Å². The average Bonchev–Trinajstić information content (AvgIpc) is 2.87. The molecule has 23 heavy (non-hydrogen) atoms. The molecule has 1 aromatic heterocycles. The third kappa shape index (κ3) is 3.89. The summed E-state index contributed by atoms with van der Waals surface area (Å²) in [6, 6.07) is 7.10. The van der Waals surface area contributed by atoms with E-state index in [-0.39, 0.29) is 17.5 Å². The van der Waals surface area contributed by atoms with Crippen LogP contribution in [0.15, 0.2) is 30.5 Å². The van der Waals surface area contributed by atoms with Gasteiger partial charge in [0.2, 0.25) is 5.95 Å². The number of hydrogen-bond acceptors (Lipinski definition) is 7. The second kappa shape index (κ2) is 6.29. The van der Waals surface area contributed by atoms with Crippen molar-refractivity contribution in [3.63, 3.8) is 0 Å². The second-order valence-electron chi connectivity index (χ2n) is 5.44. The molecule has 0 radical (unpaired) electrons. The lowest BCUT2D eigenvalue weighted by molar-refractivity contribution is 0.600. The first kappa shape index (κ1) is 15.9. The summed E-state index contributed by atoms with van der Waals surface area (Å²) in [5.74, 6) is 1.27. The predicted molar refractivity (Wildman–Crippen MR) is 90.0 cm³/mol. The lowest BCUT2D eigenvalue weighted by Gasteiger charge is -2.24. The second-order valence-corrected chi connectivity index (χ2v) is 8.11. The number of anilines is 3. The molecule has 1 saturated heterocycles. The number of halogens is 1. The molecule has 1 atom stereocenters.